The maximum absolute atomic E-state index is 6.42. The standard InChI is InChI=1S/C45H30N4O/c1-3-13-29(14-4-1)43-46-44(31-16-11-15-30(27-31)34-21-12-22-38-37-20-8-10-24-41(37)50-42(34)38)48-45(47-43)32-25-26-36-35-19-7-9-23-39(35)49(40(36)28-32)33-17-5-2-6-18-33/h1-26,28,31H,27H2. The first kappa shape index (κ1) is 28.4. The van der Waals surface area contributed by atoms with E-state index in [-0.39, 0.29) is 5.92 Å². The van der Waals surface area contributed by atoms with Gasteiger partial charge in [0.25, 0.3) is 0 Å². The molecule has 1 unspecified atom stereocenters. The third kappa shape index (κ3) is 4.66. The summed E-state index contributed by atoms with van der Waals surface area (Å²) >= 11 is 0. The van der Waals surface area contributed by atoms with Gasteiger partial charge in [-0.05, 0) is 42.3 Å². The van der Waals surface area contributed by atoms with Crippen LogP contribution in [0.4, 0.5) is 0 Å². The van der Waals surface area contributed by atoms with E-state index < -0.39 is 0 Å². The summed E-state index contributed by atoms with van der Waals surface area (Å²) in [6.07, 6.45) is 7.26. The van der Waals surface area contributed by atoms with E-state index in [1.165, 1.54) is 21.9 Å². The van der Waals surface area contributed by atoms with Crippen LogP contribution in [0.15, 0.2) is 168 Å². The number of aromatic nitrogens is 4. The third-order valence-electron chi connectivity index (χ3n) is 9.79. The second kappa shape index (κ2) is 11.5. The van der Waals surface area contributed by atoms with E-state index in [0.29, 0.717) is 11.6 Å². The van der Waals surface area contributed by atoms with E-state index in [1.807, 2.05) is 30.3 Å². The molecular weight excluding hydrogens is 613 g/mol. The number of fused-ring (bicyclic) bond motifs is 6. The summed E-state index contributed by atoms with van der Waals surface area (Å²) < 4.78 is 8.75. The second-order valence-electron chi connectivity index (χ2n) is 12.8. The molecular formula is C45H30N4O. The monoisotopic (exact) mass is 642 g/mol. The molecule has 1 aliphatic carbocycles. The predicted octanol–water partition coefficient (Wildman–Crippen LogP) is 11.3. The zero-order valence-electron chi connectivity index (χ0n) is 27.1. The number of para-hydroxylation sites is 4. The van der Waals surface area contributed by atoms with Gasteiger partial charge in [-0.2, -0.15) is 0 Å². The highest BCUT2D eigenvalue weighted by Crippen LogP contribution is 2.40. The van der Waals surface area contributed by atoms with Gasteiger partial charge in [-0.1, -0.05) is 133 Å². The Kier molecular flexibility index (Phi) is 6.56. The molecule has 5 heteroatoms. The van der Waals surface area contributed by atoms with Crippen LogP contribution in [0.2, 0.25) is 0 Å². The van der Waals surface area contributed by atoms with Gasteiger partial charge in [0, 0.05) is 49.8 Å². The molecule has 3 heterocycles. The lowest BCUT2D eigenvalue weighted by Gasteiger charge is -2.19. The Morgan fingerprint density at radius 3 is 2.12 bits per heavy atom. The molecule has 0 fully saturated rings. The summed E-state index contributed by atoms with van der Waals surface area (Å²) in [5.41, 5.74) is 9.40. The molecule has 5 nitrogen and oxygen atoms in total. The largest absolute Gasteiger partial charge is 0.455 e. The number of rotatable bonds is 5. The van der Waals surface area contributed by atoms with Gasteiger partial charge in [0.1, 0.15) is 17.0 Å². The van der Waals surface area contributed by atoms with E-state index in [9.17, 15) is 0 Å². The normalized spacial score (nSPS) is 14.6. The van der Waals surface area contributed by atoms with Gasteiger partial charge in [-0.25, -0.2) is 15.0 Å². The maximum atomic E-state index is 6.42. The van der Waals surface area contributed by atoms with E-state index in [0.717, 1.165) is 62.1 Å². The first-order chi connectivity index (χ1) is 24.8. The molecule has 0 spiro atoms. The molecule has 9 aromatic rings. The fourth-order valence-electron chi connectivity index (χ4n) is 7.42. The lowest BCUT2D eigenvalue weighted by molar-refractivity contribution is 0.666. The summed E-state index contributed by atoms with van der Waals surface area (Å²) in [6, 6.07) is 50.5. The number of nitrogens with zero attached hydrogens (tertiary/aromatic N) is 4. The Balaban J connectivity index is 1.11. The van der Waals surface area contributed by atoms with Gasteiger partial charge in [0.05, 0.1) is 11.0 Å². The van der Waals surface area contributed by atoms with E-state index in [4.69, 9.17) is 19.4 Å². The summed E-state index contributed by atoms with van der Waals surface area (Å²) in [7, 11) is 0. The molecule has 3 aromatic heterocycles. The molecule has 0 radical (unpaired) electrons. The van der Waals surface area contributed by atoms with Gasteiger partial charge in [-0.3, -0.25) is 0 Å². The molecule has 6 aromatic carbocycles. The van der Waals surface area contributed by atoms with Crippen molar-refractivity contribution in [1.82, 2.24) is 19.5 Å². The fraction of sp³-hybridized carbons (Fsp3) is 0.0444. The van der Waals surface area contributed by atoms with Crippen LogP contribution in [0.3, 0.4) is 0 Å². The molecule has 0 saturated heterocycles. The van der Waals surface area contributed by atoms with Crippen molar-refractivity contribution in [2.45, 2.75) is 12.3 Å². The molecule has 1 aliphatic rings. The molecule has 0 saturated carbocycles. The first-order valence-corrected chi connectivity index (χ1v) is 17.0. The highest BCUT2D eigenvalue weighted by atomic mass is 16.3. The molecule has 10 rings (SSSR count). The summed E-state index contributed by atoms with van der Waals surface area (Å²) in [6.45, 7) is 0. The second-order valence-corrected chi connectivity index (χ2v) is 12.8. The molecule has 236 valence electrons. The average molecular weight is 643 g/mol. The van der Waals surface area contributed by atoms with Crippen LogP contribution in [0, 0.1) is 0 Å². The molecule has 0 amide bonds. The summed E-state index contributed by atoms with van der Waals surface area (Å²) in [5.74, 6) is 2.03. The highest BCUT2D eigenvalue weighted by Gasteiger charge is 2.23. The number of hydrogen-bond acceptors (Lipinski definition) is 4. The number of hydrogen-bond donors (Lipinski definition) is 0. The first-order valence-electron chi connectivity index (χ1n) is 17.0. The smallest absolute Gasteiger partial charge is 0.163 e. The van der Waals surface area contributed by atoms with Crippen molar-refractivity contribution in [3.8, 4) is 28.5 Å². The third-order valence-corrected chi connectivity index (χ3v) is 9.79. The quantitative estimate of drug-likeness (QED) is 0.187. The van der Waals surface area contributed by atoms with Crippen molar-refractivity contribution in [1.29, 1.82) is 0 Å². The lowest BCUT2D eigenvalue weighted by Crippen LogP contribution is -2.09. The van der Waals surface area contributed by atoms with Crippen molar-refractivity contribution in [3.05, 3.63) is 175 Å². The number of allylic oxidation sites excluding steroid dienone is 4. The van der Waals surface area contributed by atoms with Crippen LogP contribution in [-0.4, -0.2) is 19.5 Å². The van der Waals surface area contributed by atoms with Crippen LogP contribution < -0.4 is 0 Å². The Bertz CT molecular complexity index is 2790. The summed E-state index contributed by atoms with van der Waals surface area (Å²) in [5, 5.41) is 4.66. The Morgan fingerprint density at radius 1 is 0.560 bits per heavy atom. The topological polar surface area (TPSA) is 56.7 Å². The van der Waals surface area contributed by atoms with Gasteiger partial charge < -0.3 is 8.98 Å². The van der Waals surface area contributed by atoms with Gasteiger partial charge in [-0.15, -0.1) is 0 Å². The van der Waals surface area contributed by atoms with Crippen molar-refractivity contribution in [2.75, 3.05) is 0 Å². The van der Waals surface area contributed by atoms with Crippen LogP contribution in [0.1, 0.15) is 23.7 Å². The minimum Gasteiger partial charge on any atom is -0.455 e. The molecule has 1 atom stereocenters. The SMILES string of the molecule is C1=CC(c2nc(-c3ccccc3)nc(-c3ccc4c5ccccc5n(-c5ccccc5)c4c3)n2)CC(c2cccc3c2oc2ccccc23)=C1. The molecule has 0 bridgehead atoms. The minimum absolute atomic E-state index is 0.0432. The van der Waals surface area contributed by atoms with Crippen LogP contribution >= 0.6 is 0 Å². The number of furan rings is 1. The zero-order chi connectivity index (χ0) is 33.0. The Morgan fingerprint density at radius 2 is 1.26 bits per heavy atom. The van der Waals surface area contributed by atoms with E-state index in [2.05, 4.69) is 138 Å². The van der Waals surface area contributed by atoms with Crippen LogP contribution in [0.25, 0.3) is 77.8 Å². The Labute approximate surface area is 288 Å². The predicted molar refractivity (Wildman–Crippen MR) is 203 cm³/mol. The van der Waals surface area contributed by atoms with Crippen molar-refractivity contribution < 1.29 is 4.42 Å². The highest BCUT2D eigenvalue weighted by molar-refractivity contribution is 6.10. The average Bonchev–Trinajstić information content (AvgIpc) is 3.74. The van der Waals surface area contributed by atoms with Crippen LogP contribution in [0.5, 0.6) is 0 Å². The van der Waals surface area contributed by atoms with Crippen molar-refractivity contribution in [3.63, 3.8) is 0 Å². The fourth-order valence-corrected chi connectivity index (χ4v) is 7.42. The maximum Gasteiger partial charge on any atom is 0.163 e. The van der Waals surface area contributed by atoms with Gasteiger partial charge in [0.15, 0.2) is 11.6 Å². The molecule has 0 N–H and O–H groups in total. The zero-order valence-corrected chi connectivity index (χ0v) is 27.1. The number of benzene rings is 6. The lowest BCUT2D eigenvalue weighted by atomic mass is 9.88. The van der Waals surface area contributed by atoms with Crippen molar-refractivity contribution in [2.24, 2.45) is 0 Å². The molecule has 50 heavy (non-hydrogen) atoms. The van der Waals surface area contributed by atoms with Crippen LogP contribution in [-0.2, 0) is 0 Å². The van der Waals surface area contributed by atoms with Gasteiger partial charge in [0.2, 0.25) is 0 Å². The van der Waals surface area contributed by atoms with Crippen molar-refractivity contribution >= 4 is 49.3 Å². The Hall–Kier alpha value is -6.59. The minimum atomic E-state index is -0.0432. The van der Waals surface area contributed by atoms with Gasteiger partial charge >= 0.3 is 0 Å². The van der Waals surface area contributed by atoms with E-state index in [1.54, 1.807) is 0 Å². The van der Waals surface area contributed by atoms with E-state index >= 15 is 0 Å². The summed E-state index contributed by atoms with van der Waals surface area (Å²) in [4.78, 5) is 15.4. The molecule has 0 aliphatic heterocycles.